The molecule has 0 bridgehead atoms. The van der Waals surface area contributed by atoms with Crippen molar-refractivity contribution in [1.29, 1.82) is 0 Å². The summed E-state index contributed by atoms with van der Waals surface area (Å²) in [5.74, 6) is 0.745. The quantitative estimate of drug-likeness (QED) is 0.761. The van der Waals surface area contributed by atoms with E-state index >= 15 is 0 Å². The fourth-order valence-electron chi connectivity index (χ4n) is 1.87. The maximum absolute atomic E-state index is 11.8. The smallest absolute Gasteiger partial charge is 0.224 e. The van der Waals surface area contributed by atoms with Crippen molar-refractivity contribution in [3.63, 3.8) is 0 Å². The molecule has 1 amide bonds. The van der Waals surface area contributed by atoms with E-state index in [0.717, 1.165) is 18.4 Å². The third-order valence-corrected chi connectivity index (χ3v) is 2.90. The fourth-order valence-corrected chi connectivity index (χ4v) is 1.87. The van der Waals surface area contributed by atoms with Crippen LogP contribution in [0.5, 0.6) is 0 Å². The summed E-state index contributed by atoms with van der Waals surface area (Å²) in [6.45, 7) is 6.45. The molecule has 1 rings (SSSR count). The average molecular weight is 248 g/mol. The van der Waals surface area contributed by atoms with Crippen molar-refractivity contribution in [3.05, 3.63) is 29.8 Å². The van der Waals surface area contributed by atoms with E-state index in [2.05, 4.69) is 26.1 Å². The lowest BCUT2D eigenvalue weighted by molar-refractivity contribution is -0.121. The first kappa shape index (κ1) is 14.6. The summed E-state index contributed by atoms with van der Waals surface area (Å²) >= 11 is 0. The molecule has 0 aliphatic rings. The minimum absolute atomic E-state index is 0.0665. The van der Waals surface area contributed by atoms with E-state index < -0.39 is 0 Å². The van der Waals surface area contributed by atoms with E-state index in [1.54, 1.807) is 0 Å². The van der Waals surface area contributed by atoms with Crippen LogP contribution in [0.1, 0.15) is 39.2 Å². The van der Waals surface area contributed by atoms with Gasteiger partial charge in [0.2, 0.25) is 5.91 Å². The zero-order chi connectivity index (χ0) is 13.5. The molecule has 0 saturated carbocycles. The first-order chi connectivity index (χ1) is 8.47. The first-order valence-electron chi connectivity index (χ1n) is 6.61. The van der Waals surface area contributed by atoms with Gasteiger partial charge in [-0.2, -0.15) is 0 Å². The number of rotatable bonds is 6. The normalized spacial score (nSPS) is 12.4. The Bertz CT molecular complexity index is 388. The van der Waals surface area contributed by atoms with Gasteiger partial charge in [-0.3, -0.25) is 4.79 Å². The summed E-state index contributed by atoms with van der Waals surface area (Å²) in [7, 11) is 0. The average Bonchev–Trinajstić information content (AvgIpc) is 2.26. The molecule has 0 aliphatic heterocycles. The van der Waals surface area contributed by atoms with Crippen molar-refractivity contribution in [3.8, 4) is 0 Å². The highest BCUT2D eigenvalue weighted by Gasteiger charge is 2.08. The molecule has 1 atom stereocenters. The van der Waals surface area contributed by atoms with E-state index in [9.17, 15) is 4.79 Å². The van der Waals surface area contributed by atoms with Crippen molar-refractivity contribution < 1.29 is 4.79 Å². The molecular weight excluding hydrogens is 224 g/mol. The van der Waals surface area contributed by atoms with Crippen LogP contribution in [0.15, 0.2) is 24.3 Å². The minimum atomic E-state index is 0.0665. The molecule has 1 unspecified atom stereocenters. The van der Waals surface area contributed by atoms with E-state index in [1.807, 2.05) is 24.3 Å². The number of carbonyl (C=O) groups excluding carboxylic acids is 1. The van der Waals surface area contributed by atoms with E-state index in [-0.39, 0.29) is 11.9 Å². The number of nitrogen functional groups attached to an aromatic ring is 1. The van der Waals surface area contributed by atoms with Gasteiger partial charge in [-0.15, -0.1) is 0 Å². The molecule has 3 nitrogen and oxygen atoms in total. The molecule has 0 radical (unpaired) electrons. The third-order valence-electron chi connectivity index (χ3n) is 2.90. The van der Waals surface area contributed by atoms with Gasteiger partial charge in [0.1, 0.15) is 0 Å². The zero-order valence-corrected chi connectivity index (χ0v) is 11.6. The lowest BCUT2D eigenvalue weighted by atomic mass is 10.0. The molecule has 0 heterocycles. The molecule has 0 spiro atoms. The molecule has 3 N–H and O–H groups in total. The summed E-state index contributed by atoms with van der Waals surface area (Å²) in [4.78, 5) is 11.8. The zero-order valence-electron chi connectivity index (χ0n) is 11.6. The molecule has 1 aromatic rings. The molecule has 0 aromatic heterocycles. The Morgan fingerprint density at radius 3 is 2.61 bits per heavy atom. The second kappa shape index (κ2) is 7.04. The number of amides is 1. The van der Waals surface area contributed by atoms with Gasteiger partial charge in [0.15, 0.2) is 0 Å². The largest absolute Gasteiger partial charge is 0.399 e. The van der Waals surface area contributed by atoms with Crippen LogP contribution in [0.3, 0.4) is 0 Å². The topological polar surface area (TPSA) is 55.1 Å². The third kappa shape index (κ3) is 5.71. The lowest BCUT2D eigenvalue weighted by Crippen LogP contribution is -2.33. The summed E-state index contributed by atoms with van der Waals surface area (Å²) in [6.07, 6.45) is 2.57. The van der Waals surface area contributed by atoms with Crippen molar-refractivity contribution in [2.75, 3.05) is 5.73 Å². The Hall–Kier alpha value is -1.51. The van der Waals surface area contributed by atoms with Crippen LogP contribution in [0.4, 0.5) is 5.69 Å². The van der Waals surface area contributed by atoms with Gasteiger partial charge in [0.05, 0.1) is 6.42 Å². The fraction of sp³-hybridized carbons (Fsp3) is 0.533. The highest BCUT2D eigenvalue weighted by molar-refractivity contribution is 5.79. The standard InChI is InChI=1S/C15H24N2O/c1-11(2)7-8-12(3)17-15(18)10-13-5-4-6-14(16)9-13/h4-6,9,11-12H,7-8,10,16H2,1-3H3,(H,17,18). The maximum atomic E-state index is 11.8. The number of hydrogen-bond acceptors (Lipinski definition) is 2. The van der Waals surface area contributed by atoms with Gasteiger partial charge in [0, 0.05) is 11.7 Å². The van der Waals surface area contributed by atoms with Crippen LogP contribution in [-0.4, -0.2) is 11.9 Å². The van der Waals surface area contributed by atoms with Gasteiger partial charge in [0.25, 0.3) is 0 Å². The predicted octanol–water partition coefficient (Wildman–Crippen LogP) is 2.75. The molecule has 18 heavy (non-hydrogen) atoms. The van der Waals surface area contributed by atoms with E-state index in [0.29, 0.717) is 18.0 Å². The summed E-state index contributed by atoms with van der Waals surface area (Å²) < 4.78 is 0. The van der Waals surface area contributed by atoms with Crippen LogP contribution in [0, 0.1) is 5.92 Å². The number of hydrogen-bond donors (Lipinski definition) is 2. The van der Waals surface area contributed by atoms with Crippen LogP contribution >= 0.6 is 0 Å². The Balaban J connectivity index is 2.37. The lowest BCUT2D eigenvalue weighted by Gasteiger charge is -2.15. The SMILES string of the molecule is CC(C)CCC(C)NC(=O)Cc1cccc(N)c1. The van der Waals surface area contributed by atoms with Crippen molar-refractivity contribution >= 4 is 11.6 Å². The predicted molar refractivity (Wildman–Crippen MR) is 76.2 cm³/mol. The Kier molecular flexibility index (Phi) is 5.69. The van der Waals surface area contributed by atoms with E-state index in [4.69, 9.17) is 5.73 Å². The number of anilines is 1. The van der Waals surface area contributed by atoms with Crippen molar-refractivity contribution in [2.24, 2.45) is 5.92 Å². The van der Waals surface area contributed by atoms with Gasteiger partial charge in [-0.1, -0.05) is 26.0 Å². The molecular formula is C15H24N2O. The summed E-state index contributed by atoms with van der Waals surface area (Å²) in [6, 6.07) is 7.71. The number of benzene rings is 1. The number of carbonyl (C=O) groups is 1. The van der Waals surface area contributed by atoms with Crippen LogP contribution in [0.25, 0.3) is 0 Å². The molecule has 100 valence electrons. The molecule has 0 aliphatic carbocycles. The minimum Gasteiger partial charge on any atom is -0.399 e. The molecule has 1 aromatic carbocycles. The van der Waals surface area contributed by atoms with Gasteiger partial charge >= 0.3 is 0 Å². The molecule has 0 saturated heterocycles. The van der Waals surface area contributed by atoms with Gasteiger partial charge in [-0.05, 0) is 43.4 Å². The van der Waals surface area contributed by atoms with Gasteiger partial charge < -0.3 is 11.1 Å². The van der Waals surface area contributed by atoms with Crippen LogP contribution < -0.4 is 11.1 Å². The summed E-state index contributed by atoms with van der Waals surface area (Å²) in [5.41, 5.74) is 7.35. The maximum Gasteiger partial charge on any atom is 0.224 e. The molecule has 3 heteroatoms. The van der Waals surface area contributed by atoms with Crippen LogP contribution in [-0.2, 0) is 11.2 Å². The Morgan fingerprint density at radius 1 is 1.28 bits per heavy atom. The van der Waals surface area contributed by atoms with Crippen molar-refractivity contribution in [2.45, 2.75) is 46.1 Å². The highest BCUT2D eigenvalue weighted by Crippen LogP contribution is 2.09. The van der Waals surface area contributed by atoms with Crippen LogP contribution in [0.2, 0.25) is 0 Å². The second-order valence-electron chi connectivity index (χ2n) is 5.36. The molecule has 0 fully saturated rings. The van der Waals surface area contributed by atoms with E-state index in [1.165, 1.54) is 0 Å². The monoisotopic (exact) mass is 248 g/mol. The highest BCUT2D eigenvalue weighted by atomic mass is 16.1. The number of nitrogens with one attached hydrogen (secondary N) is 1. The number of nitrogens with two attached hydrogens (primary N) is 1. The van der Waals surface area contributed by atoms with Crippen molar-refractivity contribution in [1.82, 2.24) is 5.32 Å². The first-order valence-corrected chi connectivity index (χ1v) is 6.61. The summed E-state index contributed by atoms with van der Waals surface area (Å²) in [5, 5.41) is 3.02. The Morgan fingerprint density at radius 2 is 2.00 bits per heavy atom. The second-order valence-corrected chi connectivity index (χ2v) is 5.36. The van der Waals surface area contributed by atoms with Gasteiger partial charge in [-0.25, -0.2) is 0 Å². The Labute approximate surface area is 110 Å².